The highest BCUT2D eigenvalue weighted by Gasteiger charge is 2.26. The largest absolute Gasteiger partial charge is 0.435 e. The molecule has 5 nitrogen and oxygen atoms in total. The Labute approximate surface area is 151 Å². The Morgan fingerprint density at radius 2 is 2.00 bits per heavy atom. The first kappa shape index (κ1) is 18.6. The number of piperidine rings is 1. The number of likely N-dealkylation sites (tertiary alicyclic amines) is 2. The quantitative estimate of drug-likeness (QED) is 0.777. The van der Waals surface area contributed by atoms with Crippen LogP contribution in [0.2, 0.25) is 0 Å². The number of hydrogen-bond donors (Lipinski definition) is 0. The van der Waals surface area contributed by atoms with Gasteiger partial charge < -0.3 is 14.5 Å². The number of benzene rings is 1. The summed E-state index contributed by atoms with van der Waals surface area (Å²) in [7, 11) is 0. The molecule has 0 atom stereocenters. The second-order valence-electron chi connectivity index (χ2n) is 6.91. The summed E-state index contributed by atoms with van der Waals surface area (Å²) in [5.74, 6) is 0.610. The number of halogens is 2. The lowest BCUT2D eigenvalue weighted by Crippen LogP contribution is -2.39. The van der Waals surface area contributed by atoms with E-state index in [-0.39, 0.29) is 17.6 Å². The second kappa shape index (κ2) is 8.47. The summed E-state index contributed by atoms with van der Waals surface area (Å²) in [5, 5.41) is 0. The number of hydrogen-bond acceptors (Lipinski definition) is 3. The van der Waals surface area contributed by atoms with Crippen LogP contribution < -0.4 is 4.74 Å². The fraction of sp³-hybridized carbons (Fsp3) is 0.579. The van der Waals surface area contributed by atoms with Crippen molar-refractivity contribution in [2.75, 3.05) is 26.2 Å². The highest BCUT2D eigenvalue weighted by Crippen LogP contribution is 2.24. The number of ether oxygens (including phenoxy) is 1. The first-order chi connectivity index (χ1) is 12.5. The summed E-state index contributed by atoms with van der Waals surface area (Å²) in [4.78, 5) is 27.9. The summed E-state index contributed by atoms with van der Waals surface area (Å²) in [5.41, 5.74) is 0.365. The maximum absolute atomic E-state index is 12.6. The smallest absolute Gasteiger partial charge is 0.387 e. The van der Waals surface area contributed by atoms with Crippen LogP contribution in [0.4, 0.5) is 8.78 Å². The van der Waals surface area contributed by atoms with Gasteiger partial charge in [0.25, 0.3) is 5.91 Å². The average Bonchev–Trinajstić information content (AvgIpc) is 3.04. The Kier molecular flexibility index (Phi) is 6.06. The first-order valence-electron chi connectivity index (χ1n) is 9.15. The third-order valence-electron chi connectivity index (χ3n) is 5.19. The Morgan fingerprint density at radius 1 is 1.23 bits per heavy atom. The van der Waals surface area contributed by atoms with Crippen LogP contribution in [0.15, 0.2) is 24.3 Å². The van der Waals surface area contributed by atoms with Crippen LogP contribution in [-0.2, 0) is 4.79 Å². The lowest BCUT2D eigenvalue weighted by molar-refractivity contribution is -0.127. The van der Waals surface area contributed by atoms with Gasteiger partial charge in [-0.1, -0.05) is 6.07 Å². The fourth-order valence-corrected chi connectivity index (χ4v) is 3.69. The molecule has 1 aromatic rings. The normalized spacial score (nSPS) is 18.7. The Morgan fingerprint density at radius 3 is 2.65 bits per heavy atom. The van der Waals surface area contributed by atoms with E-state index in [0.717, 1.165) is 38.8 Å². The zero-order chi connectivity index (χ0) is 18.5. The van der Waals surface area contributed by atoms with E-state index in [9.17, 15) is 18.4 Å². The molecule has 0 N–H and O–H groups in total. The molecule has 2 saturated heterocycles. The van der Waals surface area contributed by atoms with Gasteiger partial charge in [0.05, 0.1) is 0 Å². The van der Waals surface area contributed by atoms with Gasteiger partial charge in [0, 0.05) is 38.2 Å². The lowest BCUT2D eigenvalue weighted by atomic mass is 9.93. The number of rotatable bonds is 6. The highest BCUT2D eigenvalue weighted by atomic mass is 19.3. The van der Waals surface area contributed by atoms with Crippen molar-refractivity contribution in [3.8, 4) is 5.75 Å². The maximum Gasteiger partial charge on any atom is 0.387 e. The van der Waals surface area contributed by atoms with Crippen LogP contribution in [-0.4, -0.2) is 54.4 Å². The van der Waals surface area contributed by atoms with Crippen molar-refractivity contribution in [3.63, 3.8) is 0 Å². The van der Waals surface area contributed by atoms with E-state index in [2.05, 4.69) is 4.74 Å². The minimum absolute atomic E-state index is 0.00369. The van der Waals surface area contributed by atoms with Crippen LogP contribution >= 0.6 is 0 Å². The summed E-state index contributed by atoms with van der Waals surface area (Å²) in [6.07, 6.45) is 4.41. The molecule has 2 aliphatic rings. The molecule has 7 heteroatoms. The van der Waals surface area contributed by atoms with Gasteiger partial charge in [-0.05, 0) is 49.8 Å². The molecular weight excluding hydrogens is 342 g/mol. The molecule has 0 aliphatic carbocycles. The van der Waals surface area contributed by atoms with Gasteiger partial charge >= 0.3 is 6.61 Å². The van der Waals surface area contributed by atoms with Crippen molar-refractivity contribution in [2.24, 2.45) is 5.92 Å². The topological polar surface area (TPSA) is 49.9 Å². The van der Waals surface area contributed by atoms with E-state index >= 15 is 0 Å². The molecule has 2 aliphatic heterocycles. The zero-order valence-electron chi connectivity index (χ0n) is 14.7. The van der Waals surface area contributed by atoms with Gasteiger partial charge in [0.15, 0.2) is 0 Å². The number of nitrogens with zero attached hydrogens (tertiary/aromatic N) is 2. The summed E-state index contributed by atoms with van der Waals surface area (Å²) in [6, 6.07) is 5.94. The van der Waals surface area contributed by atoms with E-state index < -0.39 is 6.61 Å². The first-order valence-corrected chi connectivity index (χ1v) is 9.15. The SMILES string of the molecule is O=C1CCCN1CCC1CCN(C(=O)c2cccc(OC(F)F)c2)CC1. The van der Waals surface area contributed by atoms with Crippen LogP contribution in [0.1, 0.15) is 42.5 Å². The van der Waals surface area contributed by atoms with Crippen molar-refractivity contribution >= 4 is 11.8 Å². The Balaban J connectivity index is 1.48. The van der Waals surface area contributed by atoms with E-state index in [4.69, 9.17) is 0 Å². The second-order valence-corrected chi connectivity index (χ2v) is 6.91. The summed E-state index contributed by atoms with van der Waals surface area (Å²) >= 11 is 0. The molecular formula is C19H24F2N2O3. The molecule has 26 heavy (non-hydrogen) atoms. The van der Waals surface area contributed by atoms with E-state index in [1.54, 1.807) is 17.0 Å². The Bertz CT molecular complexity index is 645. The van der Waals surface area contributed by atoms with E-state index in [1.807, 2.05) is 4.90 Å². The molecule has 0 saturated carbocycles. The molecule has 2 heterocycles. The number of carbonyl (C=O) groups excluding carboxylic acids is 2. The third-order valence-corrected chi connectivity index (χ3v) is 5.19. The van der Waals surface area contributed by atoms with E-state index in [0.29, 0.717) is 31.0 Å². The lowest BCUT2D eigenvalue weighted by Gasteiger charge is -2.33. The van der Waals surface area contributed by atoms with Gasteiger partial charge in [0.1, 0.15) is 5.75 Å². The van der Waals surface area contributed by atoms with E-state index in [1.165, 1.54) is 12.1 Å². The summed E-state index contributed by atoms with van der Waals surface area (Å²) < 4.78 is 29.0. The van der Waals surface area contributed by atoms with Crippen LogP contribution in [0, 0.1) is 5.92 Å². The standard InChI is InChI=1S/C19H24F2N2O3/c20-19(21)26-16-4-1-3-15(13-16)18(25)23-11-7-14(8-12-23)6-10-22-9-2-5-17(22)24/h1,3-4,13-14,19H,2,5-12H2. The predicted molar refractivity (Wildman–Crippen MR) is 92.1 cm³/mol. The van der Waals surface area contributed by atoms with Gasteiger partial charge in [-0.25, -0.2) is 0 Å². The van der Waals surface area contributed by atoms with Gasteiger partial charge in [-0.15, -0.1) is 0 Å². The molecule has 0 aromatic heterocycles. The summed E-state index contributed by atoms with van der Waals surface area (Å²) in [6.45, 7) is 0.0745. The highest BCUT2D eigenvalue weighted by molar-refractivity contribution is 5.94. The zero-order valence-corrected chi connectivity index (χ0v) is 14.7. The minimum Gasteiger partial charge on any atom is -0.435 e. The number of alkyl halides is 2. The van der Waals surface area contributed by atoms with Crippen LogP contribution in [0.25, 0.3) is 0 Å². The predicted octanol–water partition coefficient (Wildman–Crippen LogP) is 3.15. The molecule has 0 bridgehead atoms. The monoisotopic (exact) mass is 366 g/mol. The van der Waals surface area contributed by atoms with Gasteiger partial charge in [-0.2, -0.15) is 8.78 Å². The number of amides is 2. The van der Waals surface area contributed by atoms with Crippen molar-refractivity contribution in [2.45, 2.75) is 38.7 Å². The average molecular weight is 366 g/mol. The number of carbonyl (C=O) groups is 2. The van der Waals surface area contributed by atoms with Crippen molar-refractivity contribution in [1.82, 2.24) is 9.80 Å². The Hall–Kier alpha value is -2.18. The molecule has 0 radical (unpaired) electrons. The minimum atomic E-state index is -2.90. The molecule has 0 spiro atoms. The van der Waals surface area contributed by atoms with Gasteiger partial charge in [-0.3, -0.25) is 9.59 Å². The van der Waals surface area contributed by atoms with Crippen molar-refractivity contribution in [3.05, 3.63) is 29.8 Å². The fourth-order valence-electron chi connectivity index (χ4n) is 3.69. The van der Waals surface area contributed by atoms with Crippen molar-refractivity contribution in [1.29, 1.82) is 0 Å². The molecule has 0 unspecified atom stereocenters. The molecule has 2 amide bonds. The van der Waals surface area contributed by atoms with Gasteiger partial charge in [0.2, 0.25) is 5.91 Å². The third kappa shape index (κ3) is 4.71. The van der Waals surface area contributed by atoms with Crippen LogP contribution in [0.5, 0.6) is 5.75 Å². The molecule has 1 aromatic carbocycles. The molecule has 3 rings (SSSR count). The molecule has 2 fully saturated rings. The van der Waals surface area contributed by atoms with Crippen molar-refractivity contribution < 1.29 is 23.1 Å². The van der Waals surface area contributed by atoms with Crippen LogP contribution in [0.3, 0.4) is 0 Å². The molecule has 142 valence electrons. The maximum atomic E-state index is 12.6.